The fourth-order valence-electron chi connectivity index (χ4n) is 3.69. The number of H-pyrrole nitrogens is 1. The number of aromatic nitrogens is 2. The maximum Gasteiger partial charge on any atom is 0.102 e. The molecule has 2 heterocycles. The highest BCUT2D eigenvalue weighted by atomic mass is 14.7. The van der Waals surface area contributed by atoms with Crippen LogP contribution in [-0.2, 0) is 0 Å². The molecule has 0 amide bonds. The minimum atomic E-state index is 0.602. The third-order valence-electron chi connectivity index (χ3n) is 4.91. The molecule has 3 heteroatoms. The van der Waals surface area contributed by atoms with Gasteiger partial charge in [0.25, 0.3) is 0 Å². The standard InChI is InChI=1S/C24H15N3/c25-14-19-23(16-8-2-1-3-9-16)18-11-5-7-13-22(18)27-24(19)20-15-26-21-12-6-4-10-17(20)21/h1-13,15,26H. The van der Waals surface area contributed by atoms with Gasteiger partial charge >= 0.3 is 0 Å². The number of hydrogen-bond acceptors (Lipinski definition) is 2. The highest BCUT2D eigenvalue weighted by Gasteiger charge is 2.19. The molecule has 0 fully saturated rings. The lowest BCUT2D eigenvalue weighted by molar-refractivity contribution is 1.36. The van der Waals surface area contributed by atoms with E-state index in [9.17, 15) is 5.26 Å². The molecule has 0 saturated carbocycles. The summed E-state index contributed by atoms with van der Waals surface area (Å²) < 4.78 is 0. The normalized spacial score (nSPS) is 10.9. The first kappa shape index (κ1) is 15.4. The molecular weight excluding hydrogens is 330 g/mol. The summed E-state index contributed by atoms with van der Waals surface area (Å²) in [4.78, 5) is 8.18. The summed E-state index contributed by atoms with van der Waals surface area (Å²) in [5.74, 6) is 0. The molecule has 2 aromatic heterocycles. The summed E-state index contributed by atoms with van der Waals surface area (Å²) in [5, 5.41) is 12.1. The zero-order valence-corrected chi connectivity index (χ0v) is 14.5. The second-order valence-electron chi connectivity index (χ2n) is 6.45. The quantitative estimate of drug-likeness (QED) is 0.431. The molecule has 0 aliphatic carbocycles. The van der Waals surface area contributed by atoms with Gasteiger partial charge in [0.2, 0.25) is 0 Å². The van der Waals surface area contributed by atoms with Crippen molar-refractivity contribution in [1.29, 1.82) is 5.26 Å². The van der Waals surface area contributed by atoms with Crippen LogP contribution >= 0.6 is 0 Å². The van der Waals surface area contributed by atoms with Gasteiger partial charge in [-0.2, -0.15) is 5.26 Å². The predicted octanol–water partition coefficient (Wildman–Crippen LogP) is 5.92. The topological polar surface area (TPSA) is 52.5 Å². The number of fused-ring (bicyclic) bond motifs is 2. The fraction of sp³-hybridized carbons (Fsp3) is 0. The Labute approximate surface area is 156 Å². The Hall–Kier alpha value is -3.90. The number of para-hydroxylation sites is 2. The van der Waals surface area contributed by atoms with Crippen LogP contribution in [-0.4, -0.2) is 9.97 Å². The van der Waals surface area contributed by atoms with Gasteiger partial charge in [-0.05, 0) is 17.7 Å². The van der Waals surface area contributed by atoms with Crippen molar-refractivity contribution in [2.24, 2.45) is 0 Å². The lowest BCUT2D eigenvalue weighted by atomic mass is 9.92. The van der Waals surface area contributed by atoms with Crippen LogP contribution in [0.3, 0.4) is 0 Å². The van der Waals surface area contributed by atoms with Crippen LogP contribution in [0, 0.1) is 11.3 Å². The molecule has 5 rings (SSSR count). The van der Waals surface area contributed by atoms with E-state index in [1.54, 1.807) is 0 Å². The van der Waals surface area contributed by atoms with Gasteiger partial charge in [0, 0.05) is 33.6 Å². The van der Waals surface area contributed by atoms with Crippen molar-refractivity contribution in [2.45, 2.75) is 0 Å². The average Bonchev–Trinajstić information content (AvgIpc) is 3.17. The molecule has 3 nitrogen and oxygen atoms in total. The third-order valence-corrected chi connectivity index (χ3v) is 4.91. The van der Waals surface area contributed by atoms with Crippen molar-refractivity contribution in [3.63, 3.8) is 0 Å². The van der Waals surface area contributed by atoms with Gasteiger partial charge in [0.15, 0.2) is 0 Å². The van der Waals surface area contributed by atoms with Crippen LogP contribution < -0.4 is 0 Å². The number of rotatable bonds is 2. The number of hydrogen-bond donors (Lipinski definition) is 1. The van der Waals surface area contributed by atoms with Gasteiger partial charge in [-0.25, -0.2) is 4.98 Å². The summed E-state index contributed by atoms with van der Waals surface area (Å²) in [5.41, 5.74) is 6.14. The summed E-state index contributed by atoms with van der Waals surface area (Å²) in [6, 6.07) is 28.6. The smallest absolute Gasteiger partial charge is 0.102 e. The van der Waals surface area contributed by atoms with Crippen LogP contribution in [0.1, 0.15) is 5.56 Å². The van der Waals surface area contributed by atoms with Crippen LogP contribution in [0.5, 0.6) is 0 Å². The monoisotopic (exact) mass is 345 g/mol. The first-order valence-corrected chi connectivity index (χ1v) is 8.81. The molecule has 126 valence electrons. The molecule has 0 saturated heterocycles. The lowest BCUT2D eigenvalue weighted by Gasteiger charge is -2.13. The van der Waals surface area contributed by atoms with Gasteiger partial charge in [-0.3, -0.25) is 0 Å². The molecule has 5 aromatic rings. The zero-order chi connectivity index (χ0) is 18.2. The number of aromatic amines is 1. The Balaban J connectivity index is 1.93. The molecule has 0 spiro atoms. The average molecular weight is 345 g/mol. The molecule has 0 atom stereocenters. The fourth-order valence-corrected chi connectivity index (χ4v) is 3.69. The number of nitrogens with one attached hydrogen (secondary N) is 1. The zero-order valence-electron chi connectivity index (χ0n) is 14.5. The van der Waals surface area contributed by atoms with E-state index in [2.05, 4.69) is 17.1 Å². The van der Waals surface area contributed by atoms with E-state index >= 15 is 0 Å². The molecule has 27 heavy (non-hydrogen) atoms. The molecule has 0 bridgehead atoms. The third kappa shape index (κ3) is 2.39. The Bertz CT molecular complexity index is 1320. The molecule has 0 aliphatic heterocycles. The SMILES string of the molecule is N#Cc1c(-c2c[nH]c3ccccc23)nc2ccccc2c1-c1ccccc1. The summed E-state index contributed by atoms with van der Waals surface area (Å²) in [7, 11) is 0. The molecule has 0 unspecified atom stereocenters. The van der Waals surface area contributed by atoms with E-state index in [1.165, 1.54) is 0 Å². The maximum absolute atomic E-state index is 10.1. The summed E-state index contributed by atoms with van der Waals surface area (Å²) in [6.07, 6.45) is 1.94. The van der Waals surface area contributed by atoms with E-state index in [-0.39, 0.29) is 0 Å². The van der Waals surface area contributed by atoms with E-state index in [4.69, 9.17) is 4.98 Å². The second kappa shape index (κ2) is 6.12. The predicted molar refractivity (Wildman–Crippen MR) is 109 cm³/mol. The van der Waals surface area contributed by atoms with Crippen molar-refractivity contribution in [1.82, 2.24) is 9.97 Å². The van der Waals surface area contributed by atoms with Gasteiger partial charge in [0.05, 0.1) is 16.8 Å². The highest BCUT2D eigenvalue weighted by molar-refractivity contribution is 6.04. The Morgan fingerprint density at radius 3 is 2.30 bits per heavy atom. The maximum atomic E-state index is 10.1. The van der Waals surface area contributed by atoms with Crippen molar-refractivity contribution in [3.05, 3.63) is 90.6 Å². The first-order valence-electron chi connectivity index (χ1n) is 8.81. The molecular formula is C24H15N3. The van der Waals surface area contributed by atoms with E-state index in [0.29, 0.717) is 11.3 Å². The molecule has 1 N–H and O–H groups in total. The Morgan fingerprint density at radius 2 is 1.48 bits per heavy atom. The Morgan fingerprint density at radius 1 is 0.778 bits per heavy atom. The van der Waals surface area contributed by atoms with Crippen LogP contribution in [0.2, 0.25) is 0 Å². The number of benzene rings is 3. The van der Waals surface area contributed by atoms with Crippen LogP contribution in [0.4, 0.5) is 0 Å². The number of nitriles is 1. The minimum absolute atomic E-state index is 0.602. The van der Waals surface area contributed by atoms with Gasteiger partial charge in [0.1, 0.15) is 6.07 Å². The van der Waals surface area contributed by atoms with Crippen molar-refractivity contribution in [3.8, 4) is 28.5 Å². The number of nitrogens with zero attached hydrogens (tertiary/aromatic N) is 2. The summed E-state index contributed by atoms with van der Waals surface area (Å²) >= 11 is 0. The van der Waals surface area contributed by atoms with Gasteiger partial charge in [-0.1, -0.05) is 66.7 Å². The lowest BCUT2D eigenvalue weighted by Crippen LogP contribution is -1.96. The molecule has 3 aromatic carbocycles. The number of pyridine rings is 1. The van der Waals surface area contributed by atoms with Crippen molar-refractivity contribution in [2.75, 3.05) is 0 Å². The first-order chi connectivity index (χ1) is 13.4. The van der Waals surface area contributed by atoms with Crippen LogP contribution in [0.15, 0.2) is 85.1 Å². The highest BCUT2D eigenvalue weighted by Crippen LogP contribution is 2.38. The van der Waals surface area contributed by atoms with E-state index < -0.39 is 0 Å². The minimum Gasteiger partial charge on any atom is -0.360 e. The van der Waals surface area contributed by atoms with E-state index in [0.717, 1.165) is 38.5 Å². The van der Waals surface area contributed by atoms with Crippen molar-refractivity contribution < 1.29 is 0 Å². The second-order valence-corrected chi connectivity index (χ2v) is 6.45. The van der Waals surface area contributed by atoms with Crippen molar-refractivity contribution >= 4 is 21.8 Å². The Kier molecular flexibility index (Phi) is 3.48. The largest absolute Gasteiger partial charge is 0.360 e. The van der Waals surface area contributed by atoms with Gasteiger partial charge < -0.3 is 4.98 Å². The van der Waals surface area contributed by atoms with E-state index in [1.807, 2.05) is 79.0 Å². The van der Waals surface area contributed by atoms with Crippen LogP contribution in [0.25, 0.3) is 44.2 Å². The molecule has 0 radical (unpaired) electrons. The van der Waals surface area contributed by atoms with Gasteiger partial charge in [-0.15, -0.1) is 0 Å². The molecule has 0 aliphatic rings. The summed E-state index contributed by atoms with van der Waals surface area (Å²) in [6.45, 7) is 0.